The molecule has 0 aliphatic carbocycles. The standard InChI is InChI=1S/C18H19F4N5OS/c19-10-1-13(23-4-10)16(28)27-7-17(8-27)5-26(6-17)14-12-2-11(3-18(20,21)22)29-15(12)25-9-24-14/h2,9-10,13,23H,1,3-8H2/t10-,13+/m1/s1. The Morgan fingerprint density at radius 3 is 2.69 bits per heavy atom. The molecule has 6 nitrogen and oxygen atoms in total. The van der Waals surface area contributed by atoms with Gasteiger partial charge in [0.25, 0.3) is 0 Å². The molecule has 2 atom stereocenters. The quantitative estimate of drug-likeness (QED) is 0.758. The molecule has 0 saturated carbocycles. The van der Waals surface area contributed by atoms with E-state index in [2.05, 4.69) is 15.3 Å². The minimum absolute atomic E-state index is 0.00846. The van der Waals surface area contributed by atoms with E-state index >= 15 is 0 Å². The summed E-state index contributed by atoms with van der Waals surface area (Å²) < 4.78 is 51.4. The molecule has 29 heavy (non-hydrogen) atoms. The first kappa shape index (κ1) is 19.0. The first-order valence-electron chi connectivity index (χ1n) is 9.43. The van der Waals surface area contributed by atoms with Crippen molar-refractivity contribution in [1.29, 1.82) is 0 Å². The second-order valence-electron chi connectivity index (χ2n) is 8.26. The molecular weight excluding hydrogens is 410 g/mol. The van der Waals surface area contributed by atoms with Gasteiger partial charge in [0, 0.05) is 49.4 Å². The minimum atomic E-state index is -4.26. The van der Waals surface area contributed by atoms with Gasteiger partial charge in [0.05, 0.1) is 17.8 Å². The highest BCUT2D eigenvalue weighted by molar-refractivity contribution is 7.18. The van der Waals surface area contributed by atoms with Crippen molar-refractivity contribution in [2.45, 2.75) is 31.2 Å². The van der Waals surface area contributed by atoms with Crippen molar-refractivity contribution in [3.63, 3.8) is 0 Å². The smallest absolute Gasteiger partial charge is 0.354 e. The first-order valence-corrected chi connectivity index (χ1v) is 10.2. The lowest BCUT2D eigenvalue weighted by atomic mass is 9.72. The van der Waals surface area contributed by atoms with Gasteiger partial charge < -0.3 is 15.1 Å². The highest BCUT2D eigenvalue weighted by Crippen LogP contribution is 2.44. The molecule has 5 heterocycles. The normalized spacial score (nSPS) is 26.1. The van der Waals surface area contributed by atoms with E-state index in [0.717, 1.165) is 11.3 Å². The van der Waals surface area contributed by atoms with E-state index in [-0.39, 0.29) is 29.2 Å². The van der Waals surface area contributed by atoms with Crippen molar-refractivity contribution in [3.05, 3.63) is 17.3 Å². The molecule has 3 aliphatic rings. The lowest BCUT2D eigenvalue weighted by Gasteiger charge is -2.60. The molecule has 0 unspecified atom stereocenters. The number of fused-ring (bicyclic) bond motifs is 1. The highest BCUT2D eigenvalue weighted by Gasteiger charge is 2.54. The van der Waals surface area contributed by atoms with E-state index in [9.17, 15) is 22.4 Å². The Hall–Kier alpha value is -2.01. The van der Waals surface area contributed by atoms with Gasteiger partial charge in [-0.05, 0) is 6.07 Å². The zero-order valence-corrected chi connectivity index (χ0v) is 16.2. The molecule has 5 rings (SSSR count). The predicted octanol–water partition coefficient (Wildman–Crippen LogP) is 2.14. The topological polar surface area (TPSA) is 61.4 Å². The van der Waals surface area contributed by atoms with Gasteiger partial charge in [-0.25, -0.2) is 14.4 Å². The molecule has 1 N–H and O–H groups in total. The number of alkyl halides is 4. The summed E-state index contributed by atoms with van der Waals surface area (Å²) in [6, 6.07) is 1.10. The second-order valence-corrected chi connectivity index (χ2v) is 9.38. The molecule has 3 saturated heterocycles. The number of hydrogen-bond donors (Lipinski definition) is 1. The van der Waals surface area contributed by atoms with Gasteiger partial charge in [-0.1, -0.05) is 0 Å². The maximum Gasteiger partial charge on any atom is 0.393 e. The lowest BCUT2D eigenvalue weighted by Crippen LogP contribution is -2.74. The van der Waals surface area contributed by atoms with Crippen LogP contribution in [0.25, 0.3) is 10.2 Å². The summed E-state index contributed by atoms with van der Waals surface area (Å²) in [5, 5.41) is 3.56. The zero-order chi connectivity index (χ0) is 20.4. The average Bonchev–Trinajstić information content (AvgIpc) is 3.16. The Morgan fingerprint density at radius 2 is 2.03 bits per heavy atom. The first-order chi connectivity index (χ1) is 13.7. The summed E-state index contributed by atoms with van der Waals surface area (Å²) >= 11 is 1.04. The Bertz CT molecular complexity index is 949. The Kier molecular flexibility index (Phi) is 4.25. The number of carbonyl (C=O) groups excluding carboxylic acids is 1. The largest absolute Gasteiger partial charge is 0.393 e. The van der Waals surface area contributed by atoms with Gasteiger partial charge >= 0.3 is 6.18 Å². The molecule has 1 spiro atoms. The van der Waals surface area contributed by atoms with E-state index in [1.165, 1.54) is 12.4 Å². The summed E-state index contributed by atoms with van der Waals surface area (Å²) in [5.74, 6) is 0.598. The molecule has 11 heteroatoms. The van der Waals surface area contributed by atoms with E-state index in [0.29, 0.717) is 42.2 Å². The number of amides is 1. The summed E-state index contributed by atoms with van der Waals surface area (Å²) in [4.78, 5) is 25.4. The van der Waals surface area contributed by atoms with Gasteiger partial charge in [-0.3, -0.25) is 4.79 Å². The number of thiophene rings is 1. The van der Waals surface area contributed by atoms with Crippen LogP contribution >= 0.6 is 11.3 Å². The third kappa shape index (κ3) is 3.43. The van der Waals surface area contributed by atoms with E-state index in [1.54, 1.807) is 4.90 Å². The van der Waals surface area contributed by atoms with Gasteiger partial charge in [0.2, 0.25) is 5.91 Å². The van der Waals surface area contributed by atoms with E-state index < -0.39 is 24.8 Å². The van der Waals surface area contributed by atoms with E-state index in [1.807, 2.05) is 4.90 Å². The van der Waals surface area contributed by atoms with Crippen LogP contribution < -0.4 is 10.2 Å². The highest BCUT2D eigenvalue weighted by atomic mass is 32.1. The molecule has 3 fully saturated rings. The van der Waals surface area contributed by atoms with Crippen molar-refractivity contribution in [3.8, 4) is 0 Å². The van der Waals surface area contributed by atoms with Crippen LogP contribution in [0.4, 0.5) is 23.4 Å². The Labute approximate surface area is 167 Å². The third-order valence-electron chi connectivity index (χ3n) is 5.83. The number of nitrogens with one attached hydrogen (secondary N) is 1. The van der Waals surface area contributed by atoms with E-state index in [4.69, 9.17) is 0 Å². The minimum Gasteiger partial charge on any atom is -0.354 e. The van der Waals surface area contributed by atoms with Crippen LogP contribution in [0, 0.1) is 5.41 Å². The number of halogens is 4. The number of nitrogens with zero attached hydrogens (tertiary/aromatic N) is 4. The fraction of sp³-hybridized carbons (Fsp3) is 0.611. The molecule has 156 valence electrons. The summed E-state index contributed by atoms with van der Waals surface area (Å²) in [6.07, 6.45) is -4.58. The van der Waals surface area contributed by atoms with Crippen LogP contribution in [0.2, 0.25) is 0 Å². The SMILES string of the molecule is O=C([C@@H]1C[C@@H](F)CN1)N1CC2(C1)CN(c1ncnc3sc(CC(F)(F)F)cc13)C2. The molecule has 2 aromatic rings. The molecule has 0 bridgehead atoms. The summed E-state index contributed by atoms with van der Waals surface area (Å²) in [5.41, 5.74) is -0.00846. The van der Waals surface area contributed by atoms with Crippen molar-refractivity contribution in [2.24, 2.45) is 5.41 Å². The lowest BCUT2D eigenvalue weighted by molar-refractivity contribution is -0.147. The monoisotopic (exact) mass is 429 g/mol. The fourth-order valence-corrected chi connectivity index (χ4v) is 5.58. The fourth-order valence-electron chi connectivity index (χ4n) is 4.56. The predicted molar refractivity (Wildman–Crippen MR) is 99.7 cm³/mol. The number of anilines is 1. The zero-order valence-electron chi connectivity index (χ0n) is 15.4. The van der Waals surface area contributed by atoms with Crippen LogP contribution in [-0.2, 0) is 11.2 Å². The number of hydrogen-bond acceptors (Lipinski definition) is 6. The Morgan fingerprint density at radius 1 is 1.28 bits per heavy atom. The van der Waals surface area contributed by atoms with Crippen molar-refractivity contribution >= 4 is 33.3 Å². The molecular formula is C18H19F4N5OS. The third-order valence-corrected chi connectivity index (χ3v) is 6.87. The molecule has 1 amide bonds. The molecule has 0 radical (unpaired) electrons. The van der Waals surface area contributed by atoms with Gasteiger partial charge in [-0.15, -0.1) is 11.3 Å². The maximum atomic E-state index is 13.3. The average molecular weight is 429 g/mol. The number of likely N-dealkylation sites (tertiary alicyclic amines) is 1. The van der Waals surface area contributed by atoms with Crippen LogP contribution in [0.3, 0.4) is 0 Å². The van der Waals surface area contributed by atoms with Crippen molar-refractivity contribution < 1.29 is 22.4 Å². The summed E-state index contributed by atoms with van der Waals surface area (Å²) in [7, 11) is 0. The Balaban J connectivity index is 1.24. The van der Waals surface area contributed by atoms with Gasteiger partial charge in [0.15, 0.2) is 0 Å². The van der Waals surface area contributed by atoms with Gasteiger partial charge in [-0.2, -0.15) is 13.2 Å². The van der Waals surface area contributed by atoms with Crippen molar-refractivity contribution in [2.75, 3.05) is 37.6 Å². The van der Waals surface area contributed by atoms with Crippen LogP contribution in [-0.4, -0.2) is 71.9 Å². The molecule has 2 aromatic heterocycles. The maximum absolute atomic E-state index is 13.3. The van der Waals surface area contributed by atoms with Crippen LogP contribution in [0.15, 0.2) is 12.4 Å². The second kappa shape index (κ2) is 6.49. The summed E-state index contributed by atoms with van der Waals surface area (Å²) in [6.45, 7) is 2.85. The van der Waals surface area contributed by atoms with Gasteiger partial charge in [0.1, 0.15) is 23.1 Å². The number of aromatic nitrogens is 2. The number of carbonyl (C=O) groups is 1. The number of rotatable bonds is 3. The van der Waals surface area contributed by atoms with Crippen LogP contribution in [0.1, 0.15) is 11.3 Å². The van der Waals surface area contributed by atoms with Crippen LogP contribution in [0.5, 0.6) is 0 Å². The molecule has 0 aromatic carbocycles. The molecule has 3 aliphatic heterocycles. The van der Waals surface area contributed by atoms with Crippen molar-refractivity contribution in [1.82, 2.24) is 20.2 Å².